The molecule has 28 heavy (non-hydrogen) atoms. The van der Waals surface area contributed by atoms with Crippen LogP contribution in [0.5, 0.6) is 5.75 Å². The molecule has 3 rings (SSSR count). The fourth-order valence-corrected chi connectivity index (χ4v) is 3.68. The van der Waals surface area contributed by atoms with Crippen LogP contribution in [0.2, 0.25) is 0 Å². The Balaban J connectivity index is 1.77. The van der Waals surface area contributed by atoms with Gasteiger partial charge in [-0.05, 0) is 11.6 Å². The Bertz CT molecular complexity index is 900. The molecule has 146 valence electrons. The molecule has 7 heteroatoms. The number of rotatable bonds is 10. The van der Waals surface area contributed by atoms with Gasteiger partial charge < -0.3 is 14.0 Å². The molecule has 0 spiro atoms. The molecule has 0 unspecified atom stereocenters. The zero-order chi connectivity index (χ0) is 19.6. The van der Waals surface area contributed by atoms with Crippen molar-refractivity contribution in [1.29, 1.82) is 0 Å². The number of aromatic nitrogens is 3. The number of ether oxygens (including phenoxy) is 2. The summed E-state index contributed by atoms with van der Waals surface area (Å²) in [5.41, 5.74) is 3.67. The van der Waals surface area contributed by atoms with Gasteiger partial charge in [-0.15, -0.1) is 10.2 Å². The maximum absolute atomic E-state index is 6.13. The SMILES string of the molecule is COCCn1c(COc2ccccc2-c2ccccc2)nnc1SC/C=C/Cl. The van der Waals surface area contributed by atoms with Crippen LogP contribution in [0.15, 0.2) is 71.4 Å². The summed E-state index contributed by atoms with van der Waals surface area (Å²) in [5.74, 6) is 2.30. The van der Waals surface area contributed by atoms with Crippen LogP contribution in [0.3, 0.4) is 0 Å². The Morgan fingerprint density at radius 3 is 2.64 bits per heavy atom. The fourth-order valence-electron chi connectivity index (χ4n) is 2.69. The molecule has 1 aromatic heterocycles. The van der Waals surface area contributed by atoms with Crippen molar-refractivity contribution in [3.05, 3.63) is 72.0 Å². The molecule has 1 heterocycles. The van der Waals surface area contributed by atoms with Gasteiger partial charge in [0.2, 0.25) is 0 Å². The minimum Gasteiger partial charge on any atom is -0.485 e. The topological polar surface area (TPSA) is 49.2 Å². The standard InChI is InChI=1S/C21H22ClN3O2S/c1-26-14-13-25-20(23-24-21(25)28-15-7-12-22)16-27-19-11-6-5-10-18(19)17-8-3-2-4-9-17/h2-12H,13-16H2,1H3/b12-7+. The first-order valence-corrected chi connectivity index (χ1v) is 10.3. The van der Waals surface area contributed by atoms with E-state index in [1.54, 1.807) is 18.9 Å². The minimum atomic E-state index is 0.326. The molecule has 2 aromatic carbocycles. The number of para-hydroxylation sites is 1. The van der Waals surface area contributed by atoms with Crippen LogP contribution in [-0.4, -0.2) is 34.2 Å². The number of benzene rings is 2. The van der Waals surface area contributed by atoms with Gasteiger partial charge in [0, 0.05) is 30.5 Å². The van der Waals surface area contributed by atoms with Gasteiger partial charge in [-0.1, -0.05) is 78.0 Å². The summed E-state index contributed by atoms with van der Waals surface area (Å²) in [5, 5.41) is 9.44. The molecular weight excluding hydrogens is 394 g/mol. The van der Waals surface area contributed by atoms with Crippen molar-refractivity contribution in [3.8, 4) is 16.9 Å². The number of nitrogens with zero attached hydrogens (tertiary/aromatic N) is 3. The second kappa shape index (κ2) is 10.9. The monoisotopic (exact) mass is 415 g/mol. The third-order valence-corrected chi connectivity index (χ3v) is 5.14. The van der Waals surface area contributed by atoms with Crippen LogP contribution < -0.4 is 4.74 Å². The highest BCUT2D eigenvalue weighted by molar-refractivity contribution is 7.99. The van der Waals surface area contributed by atoms with Crippen LogP contribution in [0.4, 0.5) is 0 Å². The third-order valence-electron chi connectivity index (χ3n) is 4.04. The Kier molecular flexibility index (Phi) is 7.96. The number of thioether (sulfide) groups is 1. The predicted octanol–water partition coefficient (Wildman–Crippen LogP) is 5.02. The molecule has 0 saturated heterocycles. The predicted molar refractivity (Wildman–Crippen MR) is 114 cm³/mol. The van der Waals surface area contributed by atoms with Gasteiger partial charge in [-0.3, -0.25) is 0 Å². The van der Waals surface area contributed by atoms with E-state index in [2.05, 4.69) is 28.4 Å². The van der Waals surface area contributed by atoms with Gasteiger partial charge in [0.05, 0.1) is 6.61 Å². The number of halogens is 1. The van der Waals surface area contributed by atoms with Crippen molar-refractivity contribution in [2.24, 2.45) is 0 Å². The van der Waals surface area contributed by atoms with Gasteiger partial charge in [-0.2, -0.15) is 0 Å². The van der Waals surface area contributed by atoms with E-state index in [1.807, 2.05) is 47.0 Å². The summed E-state index contributed by atoms with van der Waals surface area (Å²) in [6.07, 6.45) is 1.87. The van der Waals surface area contributed by atoms with Crippen LogP contribution >= 0.6 is 23.4 Å². The van der Waals surface area contributed by atoms with Crippen LogP contribution in [0.25, 0.3) is 11.1 Å². The second-order valence-corrected chi connectivity index (χ2v) is 7.11. The fraction of sp³-hybridized carbons (Fsp3) is 0.238. The zero-order valence-electron chi connectivity index (χ0n) is 15.6. The highest BCUT2D eigenvalue weighted by Crippen LogP contribution is 2.30. The lowest BCUT2D eigenvalue weighted by molar-refractivity contribution is 0.181. The minimum absolute atomic E-state index is 0.326. The quantitative estimate of drug-likeness (QED) is 0.435. The van der Waals surface area contributed by atoms with Crippen LogP contribution in [-0.2, 0) is 17.9 Å². The van der Waals surface area contributed by atoms with Gasteiger partial charge in [0.1, 0.15) is 12.4 Å². The summed E-state index contributed by atoms with van der Waals surface area (Å²) in [6.45, 7) is 1.56. The van der Waals surface area contributed by atoms with Crippen LogP contribution in [0.1, 0.15) is 5.82 Å². The first-order valence-electron chi connectivity index (χ1n) is 8.89. The van der Waals surface area contributed by atoms with Gasteiger partial charge >= 0.3 is 0 Å². The third kappa shape index (κ3) is 5.38. The highest BCUT2D eigenvalue weighted by Gasteiger charge is 2.14. The Morgan fingerprint density at radius 1 is 1.07 bits per heavy atom. The average molecular weight is 416 g/mol. The van der Waals surface area contributed by atoms with Gasteiger partial charge in [-0.25, -0.2) is 0 Å². The van der Waals surface area contributed by atoms with Gasteiger partial charge in [0.15, 0.2) is 11.0 Å². The summed E-state index contributed by atoms with van der Waals surface area (Å²) >= 11 is 7.17. The molecule has 0 atom stereocenters. The Hall–Kier alpha value is -2.28. The molecule has 3 aromatic rings. The van der Waals surface area contributed by atoms with E-state index in [0.717, 1.165) is 33.6 Å². The van der Waals surface area contributed by atoms with E-state index >= 15 is 0 Å². The van der Waals surface area contributed by atoms with Crippen LogP contribution in [0, 0.1) is 0 Å². The maximum Gasteiger partial charge on any atom is 0.191 e. The van der Waals surface area contributed by atoms with Crippen molar-refractivity contribution >= 4 is 23.4 Å². The van der Waals surface area contributed by atoms with E-state index in [1.165, 1.54) is 5.54 Å². The van der Waals surface area contributed by atoms with Crippen molar-refractivity contribution in [2.75, 3.05) is 19.5 Å². The number of hydrogen-bond donors (Lipinski definition) is 0. The first-order chi connectivity index (χ1) is 13.8. The molecular formula is C21H22ClN3O2S. The molecule has 0 amide bonds. The smallest absolute Gasteiger partial charge is 0.191 e. The first kappa shape index (κ1) is 20.5. The molecule has 0 aliphatic heterocycles. The van der Waals surface area contributed by atoms with Crippen molar-refractivity contribution in [3.63, 3.8) is 0 Å². The Labute approximate surface area is 174 Å². The summed E-state index contributed by atoms with van der Waals surface area (Å²) in [4.78, 5) is 0. The lowest BCUT2D eigenvalue weighted by Crippen LogP contribution is -2.12. The molecule has 0 bridgehead atoms. The summed E-state index contributed by atoms with van der Waals surface area (Å²) < 4.78 is 13.4. The molecule has 0 radical (unpaired) electrons. The Morgan fingerprint density at radius 2 is 1.86 bits per heavy atom. The largest absolute Gasteiger partial charge is 0.485 e. The maximum atomic E-state index is 6.13. The van der Waals surface area contributed by atoms with E-state index in [9.17, 15) is 0 Å². The lowest BCUT2D eigenvalue weighted by atomic mass is 10.1. The zero-order valence-corrected chi connectivity index (χ0v) is 17.2. The molecule has 0 N–H and O–H groups in total. The summed E-state index contributed by atoms with van der Waals surface area (Å²) in [7, 11) is 1.68. The van der Waals surface area contributed by atoms with Crippen molar-refractivity contribution in [1.82, 2.24) is 14.8 Å². The summed E-state index contributed by atoms with van der Waals surface area (Å²) in [6, 6.07) is 18.2. The molecule has 5 nitrogen and oxygen atoms in total. The van der Waals surface area contributed by atoms with E-state index in [-0.39, 0.29) is 0 Å². The second-order valence-electron chi connectivity index (χ2n) is 5.87. The number of hydrogen-bond acceptors (Lipinski definition) is 5. The van der Waals surface area contributed by atoms with Crippen molar-refractivity contribution in [2.45, 2.75) is 18.3 Å². The van der Waals surface area contributed by atoms with E-state index < -0.39 is 0 Å². The molecule has 0 aliphatic rings. The van der Waals surface area contributed by atoms with Gasteiger partial charge in [0.25, 0.3) is 0 Å². The van der Waals surface area contributed by atoms with Crippen molar-refractivity contribution < 1.29 is 9.47 Å². The van der Waals surface area contributed by atoms with E-state index in [0.29, 0.717) is 19.8 Å². The normalized spacial score (nSPS) is 11.2. The molecule has 0 saturated carbocycles. The molecule has 0 aliphatic carbocycles. The van der Waals surface area contributed by atoms with E-state index in [4.69, 9.17) is 21.1 Å². The number of methoxy groups -OCH3 is 1. The average Bonchev–Trinajstić information content (AvgIpc) is 3.13. The highest BCUT2D eigenvalue weighted by atomic mass is 35.5. The molecule has 0 fully saturated rings. The lowest BCUT2D eigenvalue weighted by Gasteiger charge is -2.13.